The third-order valence-corrected chi connectivity index (χ3v) is 4.82. The largest absolute Gasteiger partial charge is 0.406 e. The van der Waals surface area contributed by atoms with Crippen molar-refractivity contribution in [1.82, 2.24) is 20.7 Å². The quantitative estimate of drug-likeness (QED) is 0.853. The van der Waals surface area contributed by atoms with Gasteiger partial charge in [0.25, 0.3) is 10.0 Å². The van der Waals surface area contributed by atoms with Crippen LogP contribution < -0.4 is 10.0 Å². The van der Waals surface area contributed by atoms with Gasteiger partial charge >= 0.3 is 6.01 Å². The average molecular weight is 313 g/mol. The summed E-state index contributed by atoms with van der Waals surface area (Å²) in [5.74, 6) is 0.584. The van der Waals surface area contributed by atoms with Gasteiger partial charge in [-0.15, -0.1) is 5.10 Å². The van der Waals surface area contributed by atoms with Gasteiger partial charge in [-0.05, 0) is 33.2 Å². The maximum absolute atomic E-state index is 12.3. The first kappa shape index (κ1) is 14.0. The van der Waals surface area contributed by atoms with Crippen molar-refractivity contribution in [1.29, 1.82) is 0 Å². The van der Waals surface area contributed by atoms with E-state index in [2.05, 4.69) is 25.4 Å². The summed E-state index contributed by atoms with van der Waals surface area (Å²) in [5, 5.41) is 14.4. The summed E-state index contributed by atoms with van der Waals surface area (Å²) in [6.45, 7) is 3.95. The van der Waals surface area contributed by atoms with E-state index >= 15 is 0 Å². The average Bonchev–Trinajstić information content (AvgIpc) is 3.09. The van der Waals surface area contributed by atoms with Crippen molar-refractivity contribution in [2.24, 2.45) is 0 Å². The van der Waals surface area contributed by atoms with E-state index in [4.69, 9.17) is 8.94 Å². The second-order valence-electron chi connectivity index (χ2n) is 4.85. The Labute approximate surface area is 121 Å². The van der Waals surface area contributed by atoms with Gasteiger partial charge in [0, 0.05) is 0 Å². The fourth-order valence-corrected chi connectivity index (χ4v) is 3.59. The normalized spacial score (nSPS) is 19.0. The molecule has 0 aromatic carbocycles. The van der Waals surface area contributed by atoms with Gasteiger partial charge < -0.3 is 14.3 Å². The molecule has 0 aliphatic carbocycles. The van der Waals surface area contributed by atoms with Crippen LogP contribution in [0.4, 0.5) is 6.01 Å². The zero-order valence-electron chi connectivity index (χ0n) is 11.6. The molecule has 1 fully saturated rings. The Hall–Kier alpha value is -1.94. The minimum absolute atomic E-state index is 0.0127. The van der Waals surface area contributed by atoms with Gasteiger partial charge in [-0.1, -0.05) is 10.3 Å². The second kappa shape index (κ2) is 5.11. The van der Waals surface area contributed by atoms with Crippen LogP contribution in [-0.2, 0) is 10.0 Å². The van der Waals surface area contributed by atoms with Gasteiger partial charge in [0.1, 0.15) is 5.69 Å². The van der Waals surface area contributed by atoms with Gasteiger partial charge in [0.15, 0.2) is 10.7 Å². The maximum atomic E-state index is 12.3. The van der Waals surface area contributed by atoms with E-state index in [0.29, 0.717) is 5.89 Å². The molecule has 9 nitrogen and oxygen atoms in total. The van der Waals surface area contributed by atoms with Crippen molar-refractivity contribution >= 4 is 16.0 Å². The fourth-order valence-electron chi connectivity index (χ4n) is 2.34. The Morgan fingerprint density at radius 1 is 1.33 bits per heavy atom. The Morgan fingerprint density at radius 2 is 2.14 bits per heavy atom. The van der Waals surface area contributed by atoms with Crippen molar-refractivity contribution in [2.75, 3.05) is 11.3 Å². The Balaban J connectivity index is 1.83. The molecule has 1 aliphatic rings. The van der Waals surface area contributed by atoms with E-state index < -0.39 is 10.0 Å². The van der Waals surface area contributed by atoms with Crippen LogP contribution >= 0.6 is 0 Å². The lowest BCUT2D eigenvalue weighted by Crippen LogP contribution is -2.15. The Kier molecular flexibility index (Phi) is 3.41. The SMILES string of the molecule is Cc1noc(C)c1S(=O)(=O)Nc1nnc(C2CCCN2)o1. The minimum atomic E-state index is -3.86. The number of rotatable bonds is 4. The summed E-state index contributed by atoms with van der Waals surface area (Å²) in [4.78, 5) is -0.0127. The smallest absolute Gasteiger partial charge is 0.329 e. The lowest BCUT2D eigenvalue weighted by atomic mass is 10.2. The number of nitrogens with zero attached hydrogens (tertiary/aromatic N) is 3. The first-order valence-corrected chi connectivity index (χ1v) is 7.98. The molecule has 2 aromatic rings. The molecule has 1 atom stereocenters. The third-order valence-electron chi connectivity index (χ3n) is 3.26. The summed E-state index contributed by atoms with van der Waals surface area (Å²) in [6.07, 6.45) is 1.91. The van der Waals surface area contributed by atoms with Crippen LogP contribution in [0, 0.1) is 13.8 Å². The number of hydrogen-bond acceptors (Lipinski definition) is 8. The molecule has 1 unspecified atom stereocenters. The van der Waals surface area contributed by atoms with Crippen molar-refractivity contribution < 1.29 is 17.4 Å². The molecule has 0 radical (unpaired) electrons. The number of anilines is 1. The highest BCUT2D eigenvalue weighted by molar-refractivity contribution is 7.92. The monoisotopic (exact) mass is 313 g/mol. The molecular formula is C11H15N5O4S. The summed E-state index contributed by atoms with van der Waals surface area (Å²) in [5.41, 5.74) is 0.275. The molecule has 10 heteroatoms. The van der Waals surface area contributed by atoms with Crippen LogP contribution in [-0.4, -0.2) is 30.3 Å². The molecule has 0 amide bonds. The van der Waals surface area contributed by atoms with Crippen LogP contribution in [0.1, 0.15) is 36.2 Å². The van der Waals surface area contributed by atoms with Crippen LogP contribution in [0.3, 0.4) is 0 Å². The highest BCUT2D eigenvalue weighted by Gasteiger charge is 2.27. The topological polar surface area (TPSA) is 123 Å². The lowest BCUT2D eigenvalue weighted by molar-refractivity contribution is 0.390. The molecule has 2 aromatic heterocycles. The first-order valence-electron chi connectivity index (χ1n) is 6.50. The highest BCUT2D eigenvalue weighted by Crippen LogP contribution is 2.25. The van der Waals surface area contributed by atoms with E-state index in [1.807, 2.05) is 0 Å². The maximum Gasteiger partial charge on any atom is 0.329 e. The summed E-state index contributed by atoms with van der Waals surface area (Å²) < 4.78 is 37.0. The molecule has 114 valence electrons. The molecule has 2 N–H and O–H groups in total. The zero-order valence-corrected chi connectivity index (χ0v) is 12.4. The third kappa shape index (κ3) is 2.63. The zero-order chi connectivity index (χ0) is 15.0. The predicted octanol–water partition coefficient (Wildman–Crippen LogP) is 0.900. The Bertz CT molecular complexity index is 725. The van der Waals surface area contributed by atoms with Crippen molar-refractivity contribution in [3.05, 3.63) is 17.3 Å². The number of aromatic nitrogens is 3. The number of aryl methyl sites for hydroxylation is 2. The number of hydrogen-bond donors (Lipinski definition) is 2. The summed E-state index contributed by atoms with van der Waals surface area (Å²) >= 11 is 0. The van der Waals surface area contributed by atoms with Crippen LogP contribution in [0.2, 0.25) is 0 Å². The summed E-state index contributed by atoms with van der Waals surface area (Å²) in [7, 11) is -3.86. The molecule has 3 heterocycles. The Morgan fingerprint density at radius 3 is 2.76 bits per heavy atom. The van der Waals surface area contributed by atoms with Gasteiger partial charge in [-0.3, -0.25) is 0 Å². The number of sulfonamides is 1. The standard InChI is InChI=1S/C11H15N5O4S/c1-6-9(7(2)20-15-6)21(17,18)16-11-14-13-10(19-11)8-4-3-5-12-8/h8,12H,3-5H2,1-2H3,(H,14,16). The van der Waals surface area contributed by atoms with E-state index in [1.54, 1.807) is 6.92 Å². The van der Waals surface area contributed by atoms with Crippen LogP contribution in [0.25, 0.3) is 0 Å². The molecule has 0 spiro atoms. The number of nitrogens with one attached hydrogen (secondary N) is 2. The second-order valence-corrected chi connectivity index (χ2v) is 6.47. The molecule has 0 saturated carbocycles. The van der Waals surface area contributed by atoms with E-state index in [-0.39, 0.29) is 28.4 Å². The highest BCUT2D eigenvalue weighted by atomic mass is 32.2. The van der Waals surface area contributed by atoms with Crippen LogP contribution in [0.15, 0.2) is 13.8 Å². The van der Waals surface area contributed by atoms with E-state index in [0.717, 1.165) is 19.4 Å². The molecule has 1 aliphatic heterocycles. The van der Waals surface area contributed by atoms with Crippen molar-refractivity contribution in [3.8, 4) is 0 Å². The predicted molar refractivity (Wildman–Crippen MR) is 71.1 cm³/mol. The minimum Gasteiger partial charge on any atom is -0.406 e. The van der Waals surface area contributed by atoms with E-state index in [1.165, 1.54) is 6.92 Å². The molecular weight excluding hydrogens is 298 g/mol. The van der Waals surface area contributed by atoms with Crippen LogP contribution in [0.5, 0.6) is 0 Å². The van der Waals surface area contributed by atoms with Gasteiger partial charge in [0.2, 0.25) is 5.89 Å². The van der Waals surface area contributed by atoms with Gasteiger partial charge in [-0.25, -0.2) is 13.1 Å². The lowest BCUT2D eigenvalue weighted by Gasteiger charge is -2.04. The molecule has 1 saturated heterocycles. The molecule has 21 heavy (non-hydrogen) atoms. The van der Waals surface area contributed by atoms with Gasteiger partial charge in [-0.2, -0.15) is 0 Å². The molecule has 0 bridgehead atoms. The summed E-state index contributed by atoms with van der Waals surface area (Å²) in [6, 6.07) is -0.187. The van der Waals surface area contributed by atoms with Crippen molar-refractivity contribution in [3.63, 3.8) is 0 Å². The molecule has 3 rings (SSSR count). The van der Waals surface area contributed by atoms with Gasteiger partial charge in [0.05, 0.1) is 6.04 Å². The first-order chi connectivity index (χ1) is 9.97. The fraction of sp³-hybridized carbons (Fsp3) is 0.545. The van der Waals surface area contributed by atoms with E-state index in [9.17, 15) is 8.42 Å². The van der Waals surface area contributed by atoms with Crippen molar-refractivity contribution in [2.45, 2.75) is 37.6 Å².